The highest BCUT2D eigenvalue weighted by atomic mass is 16.2. The quantitative estimate of drug-likeness (QED) is 0.601. The number of fused-ring (bicyclic) bond motifs is 5. The molecule has 2 aliphatic heterocycles. The Hall–Kier alpha value is -1.43. The first-order valence-electron chi connectivity index (χ1n) is 13.8. The molecule has 33 heavy (non-hydrogen) atoms. The van der Waals surface area contributed by atoms with E-state index in [9.17, 15) is 14.4 Å². The molecule has 180 valence electrons. The normalized spacial score (nSPS) is 46.0. The summed E-state index contributed by atoms with van der Waals surface area (Å²) in [5, 5.41) is 0. The van der Waals surface area contributed by atoms with Crippen molar-refractivity contribution in [1.82, 2.24) is 14.7 Å². The van der Waals surface area contributed by atoms with Crippen LogP contribution < -0.4 is 0 Å². The Balaban J connectivity index is 0.905. The predicted octanol–water partition coefficient (Wildman–Crippen LogP) is 2.77. The van der Waals surface area contributed by atoms with Crippen LogP contribution in [0.3, 0.4) is 0 Å². The summed E-state index contributed by atoms with van der Waals surface area (Å²) >= 11 is 0. The molecule has 8 aliphatic rings. The molecular weight excluding hydrogens is 414 g/mol. The van der Waals surface area contributed by atoms with E-state index in [1.54, 1.807) is 4.90 Å². The smallest absolute Gasteiger partial charge is 0.233 e. The van der Waals surface area contributed by atoms with E-state index >= 15 is 0 Å². The maximum absolute atomic E-state index is 13.2. The summed E-state index contributed by atoms with van der Waals surface area (Å²) in [7, 11) is 0. The van der Waals surface area contributed by atoms with E-state index in [0.29, 0.717) is 29.7 Å². The van der Waals surface area contributed by atoms with Crippen molar-refractivity contribution in [2.45, 2.75) is 64.2 Å². The number of carbonyl (C=O) groups excluding carboxylic acids is 3. The standard InChI is InChI=1S/C27H39N3O3/c31-22(16-27-13-17-9-18(14-27)11-19(10-17)15-27)29-6-3-28(4-7-29)5-8-30-25(32)23-20-1-2-21(12-20)24(23)26(30)33/h17-21,23-24H,1-16H2. The Bertz CT molecular complexity index is 799. The van der Waals surface area contributed by atoms with E-state index in [0.717, 1.165) is 76.2 Å². The minimum Gasteiger partial charge on any atom is -0.340 e. The van der Waals surface area contributed by atoms with Crippen molar-refractivity contribution in [2.75, 3.05) is 39.3 Å². The minimum absolute atomic E-state index is 0.00435. The summed E-state index contributed by atoms with van der Waals surface area (Å²) in [5.41, 5.74) is 0.316. The molecule has 6 nitrogen and oxygen atoms in total. The molecule has 0 aromatic rings. The molecule has 2 saturated heterocycles. The highest BCUT2D eigenvalue weighted by Gasteiger charge is 2.60. The van der Waals surface area contributed by atoms with Crippen LogP contribution in [0.4, 0.5) is 0 Å². The van der Waals surface area contributed by atoms with Crippen LogP contribution in [0.25, 0.3) is 0 Å². The van der Waals surface area contributed by atoms with Gasteiger partial charge in [-0.2, -0.15) is 0 Å². The van der Waals surface area contributed by atoms with E-state index < -0.39 is 0 Å². The number of hydrogen-bond donors (Lipinski definition) is 0. The van der Waals surface area contributed by atoms with Crippen molar-refractivity contribution >= 4 is 17.7 Å². The second-order valence-electron chi connectivity index (χ2n) is 13.0. The zero-order valence-corrected chi connectivity index (χ0v) is 19.9. The molecule has 0 radical (unpaired) electrons. The van der Waals surface area contributed by atoms with Crippen molar-refractivity contribution in [3.05, 3.63) is 0 Å². The number of likely N-dealkylation sites (tertiary alicyclic amines) is 1. The van der Waals surface area contributed by atoms with Crippen LogP contribution in [0.1, 0.15) is 64.2 Å². The van der Waals surface area contributed by atoms with Gasteiger partial charge < -0.3 is 4.90 Å². The zero-order chi connectivity index (χ0) is 22.3. The van der Waals surface area contributed by atoms with Gasteiger partial charge in [0.05, 0.1) is 11.8 Å². The van der Waals surface area contributed by atoms with E-state index in [4.69, 9.17) is 0 Å². The zero-order valence-electron chi connectivity index (χ0n) is 19.9. The van der Waals surface area contributed by atoms with Crippen LogP contribution in [0.5, 0.6) is 0 Å². The second kappa shape index (κ2) is 7.53. The van der Waals surface area contributed by atoms with Crippen molar-refractivity contribution in [3.63, 3.8) is 0 Å². The first-order chi connectivity index (χ1) is 16.0. The molecule has 6 saturated carbocycles. The molecule has 8 fully saturated rings. The molecule has 0 aromatic heterocycles. The van der Waals surface area contributed by atoms with E-state index in [-0.39, 0.29) is 23.7 Å². The number of rotatable bonds is 5. The highest BCUT2D eigenvalue weighted by Crippen LogP contribution is 2.61. The van der Waals surface area contributed by atoms with Gasteiger partial charge in [0, 0.05) is 45.7 Å². The monoisotopic (exact) mass is 453 g/mol. The van der Waals surface area contributed by atoms with Gasteiger partial charge in [-0.05, 0) is 92.8 Å². The summed E-state index contributed by atoms with van der Waals surface area (Å²) < 4.78 is 0. The summed E-state index contributed by atoms with van der Waals surface area (Å²) in [4.78, 5) is 45.1. The number of piperazine rings is 1. The fourth-order valence-electron chi connectivity index (χ4n) is 10.1. The van der Waals surface area contributed by atoms with Crippen molar-refractivity contribution in [2.24, 2.45) is 46.8 Å². The molecule has 8 rings (SSSR count). The maximum Gasteiger partial charge on any atom is 0.233 e. The Labute approximate surface area is 197 Å². The van der Waals surface area contributed by atoms with Gasteiger partial charge >= 0.3 is 0 Å². The third-order valence-electron chi connectivity index (χ3n) is 11.1. The molecule has 0 spiro atoms. The lowest BCUT2D eigenvalue weighted by molar-refractivity contribution is -0.141. The molecule has 6 aliphatic carbocycles. The Kier molecular flexibility index (Phi) is 4.77. The number of nitrogens with zero attached hydrogens (tertiary/aromatic N) is 3. The van der Waals surface area contributed by atoms with E-state index in [1.807, 2.05) is 0 Å². The average Bonchev–Trinajstić information content (AvgIpc) is 3.46. The van der Waals surface area contributed by atoms with Gasteiger partial charge in [0.25, 0.3) is 0 Å². The van der Waals surface area contributed by atoms with Gasteiger partial charge in [-0.15, -0.1) is 0 Å². The van der Waals surface area contributed by atoms with Crippen LogP contribution >= 0.6 is 0 Å². The molecule has 4 unspecified atom stereocenters. The third-order valence-corrected chi connectivity index (χ3v) is 11.1. The van der Waals surface area contributed by atoms with Crippen molar-refractivity contribution in [1.29, 1.82) is 0 Å². The molecule has 6 bridgehead atoms. The summed E-state index contributed by atoms with van der Waals surface area (Å²) in [6, 6.07) is 0. The fourth-order valence-corrected chi connectivity index (χ4v) is 10.1. The van der Waals surface area contributed by atoms with Crippen molar-refractivity contribution in [3.8, 4) is 0 Å². The molecule has 0 aromatic carbocycles. The largest absolute Gasteiger partial charge is 0.340 e. The first-order valence-corrected chi connectivity index (χ1v) is 13.8. The Morgan fingerprint density at radius 1 is 0.758 bits per heavy atom. The van der Waals surface area contributed by atoms with Crippen LogP contribution in [0, 0.1) is 46.8 Å². The number of imide groups is 1. The lowest BCUT2D eigenvalue weighted by Crippen LogP contribution is -2.53. The topological polar surface area (TPSA) is 60.9 Å². The van der Waals surface area contributed by atoms with Gasteiger partial charge in [0.2, 0.25) is 17.7 Å². The van der Waals surface area contributed by atoms with Crippen LogP contribution in [0.2, 0.25) is 0 Å². The highest BCUT2D eigenvalue weighted by molar-refractivity contribution is 6.06. The van der Waals surface area contributed by atoms with Crippen molar-refractivity contribution < 1.29 is 14.4 Å². The van der Waals surface area contributed by atoms with E-state index in [2.05, 4.69) is 9.80 Å². The van der Waals surface area contributed by atoms with Gasteiger partial charge in [-0.25, -0.2) is 0 Å². The maximum atomic E-state index is 13.2. The van der Waals surface area contributed by atoms with Crippen LogP contribution in [-0.4, -0.2) is 71.7 Å². The lowest BCUT2D eigenvalue weighted by Gasteiger charge is -2.57. The number of hydrogen-bond acceptors (Lipinski definition) is 4. The van der Waals surface area contributed by atoms with E-state index in [1.165, 1.54) is 38.5 Å². The Morgan fingerprint density at radius 2 is 1.30 bits per heavy atom. The van der Waals surface area contributed by atoms with Gasteiger partial charge in [-0.1, -0.05) is 0 Å². The summed E-state index contributed by atoms with van der Waals surface area (Å²) in [5.74, 6) is 4.21. The SMILES string of the molecule is O=C(CC12CC3CC(CC(C3)C1)C2)N1CCN(CCN2C(=O)C3C4CCC(C4)C3C2=O)CC1. The molecule has 4 atom stereocenters. The number of amides is 3. The Morgan fingerprint density at radius 3 is 1.85 bits per heavy atom. The molecule has 2 heterocycles. The minimum atomic E-state index is -0.00435. The first kappa shape index (κ1) is 20.9. The lowest BCUT2D eigenvalue weighted by atomic mass is 9.49. The molecule has 6 heteroatoms. The third kappa shape index (κ3) is 3.33. The predicted molar refractivity (Wildman–Crippen MR) is 123 cm³/mol. The fraction of sp³-hybridized carbons (Fsp3) is 0.889. The van der Waals surface area contributed by atoms with Crippen LogP contribution in [-0.2, 0) is 14.4 Å². The van der Waals surface area contributed by atoms with Gasteiger partial charge in [0.1, 0.15) is 0 Å². The molecule has 0 N–H and O–H groups in total. The average molecular weight is 454 g/mol. The summed E-state index contributed by atoms with van der Waals surface area (Å²) in [6.07, 6.45) is 12.3. The number of carbonyl (C=O) groups is 3. The van der Waals surface area contributed by atoms with Gasteiger partial charge in [0.15, 0.2) is 0 Å². The molecule has 3 amide bonds. The van der Waals surface area contributed by atoms with Gasteiger partial charge in [-0.3, -0.25) is 24.2 Å². The van der Waals surface area contributed by atoms with Crippen LogP contribution in [0.15, 0.2) is 0 Å². The molecular formula is C27H39N3O3. The summed E-state index contributed by atoms with van der Waals surface area (Å²) in [6.45, 7) is 4.60. The second-order valence-corrected chi connectivity index (χ2v) is 13.0.